The van der Waals surface area contributed by atoms with E-state index in [0.717, 1.165) is 39.8 Å². The van der Waals surface area contributed by atoms with Crippen molar-refractivity contribution in [2.75, 3.05) is 18.5 Å². The van der Waals surface area contributed by atoms with Gasteiger partial charge in [-0.15, -0.1) is 5.10 Å². The van der Waals surface area contributed by atoms with Gasteiger partial charge in [0.25, 0.3) is 0 Å². The van der Waals surface area contributed by atoms with Crippen LogP contribution in [-0.2, 0) is 0 Å². The van der Waals surface area contributed by atoms with E-state index in [1.54, 1.807) is 0 Å². The number of aromatic nitrogens is 3. The Morgan fingerprint density at radius 3 is 2.56 bits per heavy atom. The van der Waals surface area contributed by atoms with Crippen LogP contribution in [0.3, 0.4) is 0 Å². The van der Waals surface area contributed by atoms with Crippen LogP contribution in [-0.4, -0.2) is 40.0 Å². The van der Waals surface area contributed by atoms with E-state index < -0.39 is 0 Å². The summed E-state index contributed by atoms with van der Waals surface area (Å²) in [4.78, 5) is 4.61. The molecule has 2 aromatic carbocycles. The number of nitrogens with zero attached hydrogens (tertiary/aromatic N) is 3. The zero-order valence-corrected chi connectivity index (χ0v) is 18.0. The minimum absolute atomic E-state index is 0.0432. The zero-order valence-electron chi connectivity index (χ0n) is 18.0. The Labute approximate surface area is 185 Å². The van der Waals surface area contributed by atoms with Crippen LogP contribution < -0.4 is 25.3 Å². The average Bonchev–Trinajstić information content (AvgIpc) is 3.22. The van der Waals surface area contributed by atoms with E-state index in [1.165, 1.54) is 0 Å². The Morgan fingerprint density at radius 1 is 1.00 bits per heavy atom. The number of pyridine rings is 1. The van der Waals surface area contributed by atoms with Crippen molar-refractivity contribution < 1.29 is 14.2 Å². The standard InChI is InChI=1S/C24H25N5O3/c1-15(25)16(2)32-19-9-7-18(8-10-19)26-24-27-23-5-3-4-20(29(23)28-24)17-6-11-21-22(14-17)31-13-12-30-21/h3-11,14-16H,12-13,25H2,1-2H3,(H,26,28)/t15?,16-/m1/s1. The molecule has 0 aliphatic carbocycles. The molecule has 8 heteroatoms. The van der Waals surface area contributed by atoms with Crippen molar-refractivity contribution >= 4 is 17.3 Å². The average molecular weight is 431 g/mol. The molecule has 0 fully saturated rings. The number of benzene rings is 2. The van der Waals surface area contributed by atoms with Gasteiger partial charge in [-0.05, 0) is 68.4 Å². The first kappa shape index (κ1) is 20.1. The van der Waals surface area contributed by atoms with Crippen LogP contribution >= 0.6 is 0 Å². The third-order valence-corrected chi connectivity index (χ3v) is 5.37. The maximum atomic E-state index is 5.87. The van der Waals surface area contributed by atoms with Crippen LogP contribution in [0.1, 0.15) is 13.8 Å². The van der Waals surface area contributed by atoms with E-state index in [2.05, 4.69) is 15.4 Å². The molecule has 0 saturated heterocycles. The Morgan fingerprint density at radius 2 is 1.78 bits per heavy atom. The topological polar surface area (TPSA) is 95.9 Å². The normalized spacial score (nSPS) is 14.7. The van der Waals surface area contributed by atoms with Crippen LogP contribution in [0.5, 0.6) is 17.2 Å². The molecule has 0 spiro atoms. The van der Waals surface area contributed by atoms with Crippen LogP contribution in [0.2, 0.25) is 0 Å². The van der Waals surface area contributed by atoms with Crippen LogP contribution in [0.15, 0.2) is 60.7 Å². The molecule has 1 unspecified atom stereocenters. The van der Waals surface area contributed by atoms with Gasteiger partial charge in [0.15, 0.2) is 17.1 Å². The van der Waals surface area contributed by atoms with Crippen LogP contribution in [0.4, 0.5) is 11.6 Å². The number of hydrogen-bond donors (Lipinski definition) is 2. The fraction of sp³-hybridized carbons (Fsp3) is 0.250. The number of anilines is 2. The van der Waals surface area contributed by atoms with Crippen molar-refractivity contribution in [3.8, 4) is 28.5 Å². The van der Waals surface area contributed by atoms with Gasteiger partial charge in [0.05, 0.1) is 5.69 Å². The maximum Gasteiger partial charge on any atom is 0.247 e. The highest BCUT2D eigenvalue weighted by Crippen LogP contribution is 2.34. The number of ether oxygens (including phenoxy) is 3. The smallest absolute Gasteiger partial charge is 0.247 e. The lowest BCUT2D eigenvalue weighted by atomic mass is 10.1. The number of fused-ring (bicyclic) bond motifs is 2. The van der Waals surface area contributed by atoms with Gasteiger partial charge < -0.3 is 25.3 Å². The van der Waals surface area contributed by atoms with Crippen molar-refractivity contribution in [1.82, 2.24) is 14.6 Å². The highest BCUT2D eigenvalue weighted by Gasteiger charge is 2.15. The highest BCUT2D eigenvalue weighted by molar-refractivity contribution is 5.68. The molecule has 164 valence electrons. The lowest BCUT2D eigenvalue weighted by molar-refractivity contribution is 0.171. The lowest BCUT2D eigenvalue weighted by Crippen LogP contribution is -2.33. The summed E-state index contributed by atoms with van der Waals surface area (Å²) in [7, 11) is 0. The summed E-state index contributed by atoms with van der Waals surface area (Å²) in [6.07, 6.45) is -0.0621. The van der Waals surface area contributed by atoms with Gasteiger partial charge in [-0.3, -0.25) is 0 Å². The van der Waals surface area contributed by atoms with E-state index in [1.807, 2.05) is 79.0 Å². The van der Waals surface area contributed by atoms with Crippen LogP contribution in [0, 0.1) is 0 Å². The Hall–Kier alpha value is -3.78. The Bertz CT molecular complexity index is 1240. The minimum atomic E-state index is -0.0621. The predicted octanol–water partition coefficient (Wildman–Crippen LogP) is 4.03. The first-order valence-corrected chi connectivity index (χ1v) is 10.6. The summed E-state index contributed by atoms with van der Waals surface area (Å²) in [6, 6.07) is 19.4. The number of rotatable bonds is 6. The Kier molecular flexibility index (Phi) is 5.28. The third-order valence-electron chi connectivity index (χ3n) is 5.37. The predicted molar refractivity (Wildman–Crippen MR) is 123 cm³/mol. The molecule has 32 heavy (non-hydrogen) atoms. The fourth-order valence-electron chi connectivity index (χ4n) is 3.45. The summed E-state index contributed by atoms with van der Waals surface area (Å²) in [6.45, 7) is 5.00. The molecular weight excluding hydrogens is 406 g/mol. The summed E-state index contributed by atoms with van der Waals surface area (Å²) in [5.41, 5.74) is 9.36. The van der Waals surface area contributed by atoms with Crippen molar-refractivity contribution in [3.05, 3.63) is 60.7 Å². The van der Waals surface area contributed by atoms with Gasteiger partial charge in [0.2, 0.25) is 5.95 Å². The van der Waals surface area contributed by atoms with E-state index in [0.29, 0.717) is 19.2 Å². The molecule has 1 aliphatic rings. The molecule has 2 aromatic heterocycles. The minimum Gasteiger partial charge on any atom is -0.489 e. The second-order valence-electron chi connectivity index (χ2n) is 7.81. The van der Waals surface area contributed by atoms with Crippen molar-refractivity contribution in [2.24, 2.45) is 5.73 Å². The molecule has 0 amide bonds. The quantitative estimate of drug-likeness (QED) is 0.476. The maximum absolute atomic E-state index is 5.87. The molecule has 3 heterocycles. The largest absolute Gasteiger partial charge is 0.489 e. The molecule has 4 aromatic rings. The molecule has 0 bridgehead atoms. The molecule has 2 atom stereocenters. The van der Waals surface area contributed by atoms with Crippen molar-refractivity contribution in [2.45, 2.75) is 26.0 Å². The molecule has 0 radical (unpaired) electrons. The highest BCUT2D eigenvalue weighted by atomic mass is 16.6. The lowest BCUT2D eigenvalue weighted by Gasteiger charge is -2.19. The van der Waals surface area contributed by atoms with Crippen LogP contribution in [0.25, 0.3) is 16.9 Å². The van der Waals surface area contributed by atoms with Crippen molar-refractivity contribution in [1.29, 1.82) is 0 Å². The summed E-state index contributed by atoms with van der Waals surface area (Å²) in [5.74, 6) is 2.78. The van der Waals surface area contributed by atoms with E-state index in [9.17, 15) is 0 Å². The zero-order chi connectivity index (χ0) is 22.1. The Balaban J connectivity index is 1.39. The first-order valence-electron chi connectivity index (χ1n) is 10.6. The summed E-state index contributed by atoms with van der Waals surface area (Å²) >= 11 is 0. The summed E-state index contributed by atoms with van der Waals surface area (Å²) < 4.78 is 19.0. The van der Waals surface area contributed by atoms with E-state index in [-0.39, 0.29) is 12.1 Å². The molecular formula is C24H25N5O3. The van der Waals surface area contributed by atoms with Gasteiger partial charge in [0.1, 0.15) is 25.1 Å². The number of hydrogen-bond acceptors (Lipinski definition) is 7. The van der Waals surface area contributed by atoms with Gasteiger partial charge in [-0.1, -0.05) is 6.07 Å². The van der Waals surface area contributed by atoms with E-state index >= 15 is 0 Å². The van der Waals surface area contributed by atoms with E-state index in [4.69, 9.17) is 19.9 Å². The SMILES string of the molecule is CC(N)[C@@H](C)Oc1ccc(Nc2nc3cccc(-c4ccc5c(c4)OCCO5)n3n2)cc1. The molecule has 0 saturated carbocycles. The van der Waals surface area contributed by atoms with Gasteiger partial charge in [0, 0.05) is 17.3 Å². The molecule has 1 aliphatic heterocycles. The third kappa shape index (κ3) is 4.04. The fourth-order valence-corrected chi connectivity index (χ4v) is 3.45. The van der Waals surface area contributed by atoms with Crippen molar-refractivity contribution in [3.63, 3.8) is 0 Å². The second-order valence-corrected chi connectivity index (χ2v) is 7.81. The van der Waals surface area contributed by atoms with Gasteiger partial charge in [-0.2, -0.15) is 4.98 Å². The van der Waals surface area contributed by atoms with Gasteiger partial charge >= 0.3 is 0 Å². The molecule has 3 N–H and O–H groups in total. The number of nitrogens with two attached hydrogens (primary N) is 1. The first-order chi connectivity index (χ1) is 15.6. The molecule has 5 rings (SSSR count). The van der Waals surface area contributed by atoms with Gasteiger partial charge in [-0.25, -0.2) is 4.52 Å². The second kappa shape index (κ2) is 8.39. The monoisotopic (exact) mass is 431 g/mol. The summed E-state index contributed by atoms with van der Waals surface area (Å²) in [5, 5.41) is 7.92. The number of nitrogens with one attached hydrogen (secondary N) is 1. The molecule has 8 nitrogen and oxygen atoms in total.